The summed E-state index contributed by atoms with van der Waals surface area (Å²) in [7, 11) is 3.16. The third kappa shape index (κ3) is 7.16. The highest BCUT2D eigenvalue weighted by molar-refractivity contribution is 6.02. The van der Waals surface area contributed by atoms with E-state index in [4.69, 9.17) is 9.47 Å². The summed E-state index contributed by atoms with van der Waals surface area (Å²) in [5.74, 6) is -2.17. The number of likely N-dealkylation sites (N-methyl/N-ethyl adjacent to an activating group) is 1. The summed E-state index contributed by atoms with van der Waals surface area (Å²) in [5, 5.41) is 4.78. The third-order valence-corrected chi connectivity index (χ3v) is 6.92. The molecule has 2 heterocycles. The molecular weight excluding hydrogens is 550 g/mol. The Morgan fingerprint density at radius 3 is 2.57 bits per heavy atom. The Balaban J connectivity index is 1.61. The minimum Gasteiger partial charge on any atom is -0.491 e. The first-order valence-corrected chi connectivity index (χ1v) is 13.2. The highest BCUT2D eigenvalue weighted by atomic mass is 19.1. The Hall–Kier alpha value is -4.65. The molecule has 3 aromatic rings. The lowest BCUT2D eigenvalue weighted by molar-refractivity contribution is 0.0109. The number of aromatic nitrogens is 2. The van der Waals surface area contributed by atoms with Gasteiger partial charge >= 0.3 is 6.03 Å². The van der Waals surface area contributed by atoms with Crippen LogP contribution in [0.4, 0.5) is 25.0 Å². The molecule has 0 spiro atoms. The number of anilines is 2. The van der Waals surface area contributed by atoms with Gasteiger partial charge < -0.3 is 29.9 Å². The smallest absolute Gasteiger partial charge is 0.323 e. The molecule has 1 aliphatic heterocycles. The zero-order valence-corrected chi connectivity index (χ0v) is 23.6. The molecule has 2 N–H and O–H groups in total. The van der Waals surface area contributed by atoms with Gasteiger partial charge in [-0.25, -0.2) is 18.6 Å². The molecule has 1 aromatic heterocycles. The number of methoxy groups -OCH3 is 1. The van der Waals surface area contributed by atoms with E-state index in [0.717, 1.165) is 18.2 Å². The van der Waals surface area contributed by atoms with Crippen LogP contribution in [0.2, 0.25) is 0 Å². The number of fused-ring (bicyclic) bond motifs is 1. The summed E-state index contributed by atoms with van der Waals surface area (Å²) in [5.41, 5.74) is 0.212. The fourth-order valence-corrected chi connectivity index (χ4v) is 4.57. The van der Waals surface area contributed by atoms with Crippen molar-refractivity contribution in [3.63, 3.8) is 0 Å². The van der Waals surface area contributed by atoms with Crippen LogP contribution in [-0.4, -0.2) is 83.6 Å². The summed E-state index contributed by atoms with van der Waals surface area (Å²) in [6, 6.07) is 5.88. The second kappa shape index (κ2) is 13.3. The molecule has 222 valence electrons. The predicted octanol–water partition coefficient (Wildman–Crippen LogP) is 4.05. The first-order valence-electron chi connectivity index (χ1n) is 13.2. The lowest BCUT2D eigenvalue weighted by atomic mass is 10.0. The molecule has 2 aromatic carbocycles. The van der Waals surface area contributed by atoms with Crippen molar-refractivity contribution < 1.29 is 32.6 Å². The third-order valence-electron chi connectivity index (χ3n) is 6.92. The van der Waals surface area contributed by atoms with E-state index >= 15 is 0 Å². The predicted molar refractivity (Wildman–Crippen MR) is 150 cm³/mol. The Morgan fingerprint density at radius 2 is 1.86 bits per heavy atom. The van der Waals surface area contributed by atoms with E-state index in [9.17, 15) is 23.2 Å². The number of rotatable bonds is 4. The molecule has 4 rings (SSSR count). The summed E-state index contributed by atoms with van der Waals surface area (Å²) < 4.78 is 39.3. The molecule has 13 heteroatoms. The van der Waals surface area contributed by atoms with Crippen molar-refractivity contribution >= 4 is 29.2 Å². The molecule has 4 amide bonds. The Morgan fingerprint density at radius 1 is 1.07 bits per heavy atom. The summed E-state index contributed by atoms with van der Waals surface area (Å²) >= 11 is 0. The number of amides is 4. The number of hydrogen-bond acceptors (Lipinski definition) is 7. The van der Waals surface area contributed by atoms with Gasteiger partial charge in [0.1, 0.15) is 29.7 Å². The average Bonchev–Trinajstić information content (AvgIpc) is 2.98. The molecule has 0 radical (unpaired) electrons. The van der Waals surface area contributed by atoms with Crippen LogP contribution in [0.3, 0.4) is 0 Å². The van der Waals surface area contributed by atoms with Crippen LogP contribution < -0.4 is 15.4 Å². The van der Waals surface area contributed by atoms with E-state index in [1.54, 1.807) is 19.1 Å². The highest BCUT2D eigenvalue weighted by Crippen LogP contribution is 2.27. The van der Waals surface area contributed by atoms with Gasteiger partial charge in [-0.05, 0) is 37.3 Å². The first kappa shape index (κ1) is 30.3. The molecule has 0 saturated carbocycles. The van der Waals surface area contributed by atoms with Gasteiger partial charge in [0.05, 0.1) is 29.6 Å². The van der Waals surface area contributed by atoms with Crippen LogP contribution in [0.25, 0.3) is 0 Å². The van der Waals surface area contributed by atoms with Gasteiger partial charge in [0.15, 0.2) is 0 Å². The quantitative estimate of drug-likeness (QED) is 0.476. The first-order chi connectivity index (χ1) is 20.1. The van der Waals surface area contributed by atoms with Crippen LogP contribution in [0.5, 0.6) is 5.75 Å². The van der Waals surface area contributed by atoms with Crippen molar-refractivity contribution in [2.75, 3.05) is 44.5 Å². The van der Waals surface area contributed by atoms with Crippen LogP contribution in [0.15, 0.2) is 55.0 Å². The number of halogens is 2. The monoisotopic (exact) mass is 582 g/mol. The summed E-state index contributed by atoms with van der Waals surface area (Å²) in [6.07, 6.45) is 3.92. The van der Waals surface area contributed by atoms with Crippen molar-refractivity contribution in [3.8, 4) is 5.75 Å². The number of nitrogens with zero attached hydrogens (tertiary/aromatic N) is 4. The minimum absolute atomic E-state index is 0.0481. The van der Waals surface area contributed by atoms with E-state index in [2.05, 4.69) is 20.6 Å². The number of benzene rings is 2. The number of ether oxygens (including phenoxy) is 2. The summed E-state index contributed by atoms with van der Waals surface area (Å²) in [4.78, 5) is 50.8. The van der Waals surface area contributed by atoms with Crippen LogP contribution >= 0.6 is 0 Å². The molecule has 0 fully saturated rings. The SMILES string of the molecule is CO[C@H]1CN(C)C(=O)c2cc(NC(=O)Nc3cc(F)ccc3F)ccc2OC[C@@H](C)N(C(=O)c2cnccn2)C[C@@H]1C. The fourth-order valence-electron chi connectivity index (χ4n) is 4.57. The normalized spacial score (nSPS) is 19.6. The van der Waals surface area contributed by atoms with Crippen molar-refractivity contribution in [1.82, 2.24) is 19.8 Å². The van der Waals surface area contributed by atoms with E-state index in [1.807, 2.05) is 13.8 Å². The number of carbonyl (C=O) groups is 3. The lowest BCUT2D eigenvalue weighted by Gasteiger charge is -2.35. The van der Waals surface area contributed by atoms with Gasteiger partial charge in [0, 0.05) is 57.3 Å². The van der Waals surface area contributed by atoms with Crippen LogP contribution in [0, 0.1) is 17.6 Å². The van der Waals surface area contributed by atoms with Gasteiger partial charge in [0.2, 0.25) is 0 Å². The van der Waals surface area contributed by atoms with E-state index < -0.39 is 29.8 Å². The van der Waals surface area contributed by atoms with E-state index in [-0.39, 0.29) is 59.3 Å². The number of carbonyl (C=O) groups excluding carboxylic acids is 3. The average molecular weight is 583 g/mol. The van der Waals surface area contributed by atoms with Crippen molar-refractivity contribution in [2.24, 2.45) is 5.92 Å². The molecule has 0 unspecified atom stereocenters. The van der Waals surface area contributed by atoms with Gasteiger partial charge in [0.25, 0.3) is 11.8 Å². The zero-order chi connectivity index (χ0) is 30.4. The second-order valence-corrected chi connectivity index (χ2v) is 10.1. The van der Waals surface area contributed by atoms with Crippen LogP contribution in [-0.2, 0) is 4.74 Å². The Kier molecular flexibility index (Phi) is 9.63. The number of urea groups is 1. The van der Waals surface area contributed by atoms with Crippen molar-refractivity contribution in [2.45, 2.75) is 26.0 Å². The van der Waals surface area contributed by atoms with Gasteiger partial charge in [-0.1, -0.05) is 6.92 Å². The van der Waals surface area contributed by atoms with Crippen molar-refractivity contribution in [3.05, 3.63) is 77.9 Å². The fraction of sp³-hybridized carbons (Fsp3) is 0.345. The summed E-state index contributed by atoms with van der Waals surface area (Å²) in [6.45, 7) is 4.32. The Labute approximate surface area is 241 Å². The largest absolute Gasteiger partial charge is 0.491 e. The van der Waals surface area contributed by atoms with Gasteiger partial charge in [-0.2, -0.15) is 0 Å². The second-order valence-electron chi connectivity index (χ2n) is 10.1. The van der Waals surface area contributed by atoms with Crippen molar-refractivity contribution in [1.29, 1.82) is 0 Å². The van der Waals surface area contributed by atoms with Gasteiger partial charge in [-0.3, -0.25) is 14.6 Å². The standard InChI is InChI=1S/C29H32F2N6O5/c1-17-14-37(28(39)24-13-32-9-10-33-24)18(2)16-42-25-8-6-20(12-21(25)27(38)36(3)15-26(17)41-4)34-29(40)35-23-11-19(30)5-7-22(23)31/h5-13,17-18,26H,14-16H2,1-4H3,(H2,34,35,40)/t17-,18+,26-/m0/s1. The van der Waals surface area contributed by atoms with Gasteiger partial charge in [-0.15, -0.1) is 0 Å². The zero-order valence-electron chi connectivity index (χ0n) is 23.6. The van der Waals surface area contributed by atoms with E-state index in [0.29, 0.717) is 6.54 Å². The van der Waals surface area contributed by atoms with Crippen LogP contribution in [0.1, 0.15) is 34.7 Å². The number of nitrogens with one attached hydrogen (secondary N) is 2. The maximum Gasteiger partial charge on any atom is 0.323 e. The maximum absolute atomic E-state index is 14.0. The molecule has 3 atom stereocenters. The maximum atomic E-state index is 14.0. The Bertz CT molecular complexity index is 1440. The topological polar surface area (TPSA) is 126 Å². The molecule has 0 aliphatic carbocycles. The molecule has 11 nitrogen and oxygen atoms in total. The molecule has 42 heavy (non-hydrogen) atoms. The lowest BCUT2D eigenvalue weighted by Crippen LogP contribution is -2.48. The van der Waals surface area contributed by atoms with E-state index in [1.165, 1.54) is 41.7 Å². The molecule has 1 aliphatic rings. The number of hydrogen-bond donors (Lipinski definition) is 2. The molecule has 0 bridgehead atoms. The highest BCUT2D eigenvalue weighted by Gasteiger charge is 2.31. The molecule has 0 saturated heterocycles. The molecular formula is C29H32F2N6O5. The minimum atomic E-state index is -0.839.